The summed E-state index contributed by atoms with van der Waals surface area (Å²) >= 11 is 0. The zero-order chi connectivity index (χ0) is 14.7. The van der Waals surface area contributed by atoms with Gasteiger partial charge in [-0.1, -0.05) is 5.16 Å². The van der Waals surface area contributed by atoms with Gasteiger partial charge in [-0.2, -0.15) is 4.98 Å². The van der Waals surface area contributed by atoms with E-state index in [2.05, 4.69) is 10.1 Å². The minimum absolute atomic E-state index is 0.0267. The number of hydrogen-bond acceptors (Lipinski definition) is 6. The van der Waals surface area contributed by atoms with E-state index in [0.717, 1.165) is 0 Å². The Bertz CT molecular complexity index is 587. The molecule has 1 unspecified atom stereocenters. The Morgan fingerprint density at radius 1 is 1.33 bits per heavy atom. The molecule has 7 heteroatoms. The molecule has 0 bridgehead atoms. The fourth-order valence-electron chi connectivity index (χ4n) is 2.27. The molecule has 0 radical (unpaired) electrons. The quantitative estimate of drug-likeness (QED) is 0.909. The maximum atomic E-state index is 12.9. The standard InChI is InChI=1S/C14H16FN3O3/c15-11-3-1-10(2-4-11)14-16-13(21-17-14)7-18-5-6-20-9-12(18)8-19/h1-4,12,19H,5-9H2. The van der Waals surface area contributed by atoms with Gasteiger partial charge in [0.1, 0.15) is 5.82 Å². The third kappa shape index (κ3) is 3.26. The van der Waals surface area contributed by atoms with E-state index in [1.807, 2.05) is 4.90 Å². The van der Waals surface area contributed by atoms with Crippen molar-refractivity contribution in [2.24, 2.45) is 0 Å². The minimum Gasteiger partial charge on any atom is -0.395 e. The normalized spacial score (nSPS) is 19.8. The highest BCUT2D eigenvalue weighted by Crippen LogP contribution is 2.18. The lowest BCUT2D eigenvalue weighted by Gasteiger charge is -2.33. The Kier molecular flexibility index (Phi) is 4.23. The smallest absolute Gasteiger partial charge is 0.241 e. The van der Waals surface area contributed by atoms with Crippen LogP contribution >= 0.6 is 0 Å². The molecular weight excluding hydrogens is 277 g/mol. The number of ether oxygens (including phenoxy) is 1. The predicted octanol–water partition coefficient (Wildman–Crippen LogP) is 1.07. The third-order valence-corrected chi connectivity index (χ3v) is 3.47. The van der Waals surface area contributed by atoms with E-state index in [1.165, 1.54) is 12.1 Å². The van der Waals surface area contributed by atoms with Crippen LogP contribution in [0.3, 0.4) is 0 Å². The Hall–Kier alpha value is -1.83. The van der Waals surface area contributed by atoms with E-state index in [0.29, 0.717) is 43.6 Å². The van der Waals surface area contributed by atoms with Crippen LogP contribution in [-0.4, -0.2) is 52.6 Å². The summed E-state index contributed by atoms with van der Waals surface area (Å²) in [6, 6.07) is 5.87. The zero-order valence-corrected chi connectivity index (χ0v) is 11.4. The second-order valence-corrected chi connectivity index (χ2v) is 4.90. The lowest BCUT2D eigenvalue weighted by Crippen LogP contribution is -2.46. The van der Waals surface area contributed by atoms with Crippen molar-refractivity contribution >= 4 is 0 Å². The Labute approximate surface area is 121 Å². The zero-order valence-electron chi connectivity index (χ0n) is 11.4. The van der Waals surface area contributed by atoms with Gasteiger partial charge in [0.05, 0.1) is 32.4 Å². The van der Waals surface area contributed by atoms with Crippen molar-refractivity contribution in [1.82, 2.24) is 15.0 Å². The largest absolute Gasteiger partial charge is 0.395 e. The van der Waals surface area contributed by atoms with E-state index in [-0.39, 0.29) is 18.5 Å². The molecule has 1 saturated heterocycles. The lowest BCUT2D eigenvalue weighted by atomic mass is 10.2. The summed E-state index contributed by atoms with van der Waals surface area (Å²) in [5, 5.41) is 13.2. The molecule has 0 amide bonds. The molecule has 1 aliphatic heterocycles. The fourth-order valence-corrected chi connectivity index (χ4v) is 2.27. The predicted molar refractivity (Wildman–Crippen MR) is 71.8 cm³/mol. The van der Waals surface area contributed by atoms with Crippen molar-refractivity contribution in [3.8, 4) is 11.4 Å². The van der Waals surface area contributed by atoms with Gasteiger partial charge in [0.2, 0.25) is 11.7 Å². The van der Waals surface area contributed by atoms with E-state index >= 15 is 0 Å². The number of halogens is 1. The second-order valence-electron chi connectivity index (χ2n) is 4.90. The number of morpholine rings is 1. The highest BCUT2D eigenvalue weighted by molar-refractivity contribution is 5.53. The number of hydrogen-bond donors (Lipinski definition) is 1. The number of aliphatic hydroxyl groups excluding tert-OH is 1. The SMILES string of the molecule is OCC1COCCN1Cc1nc(-c2ccc(F)cc2)no1. The van der Waals surface area contributed by atoms with Crippen molar-refractivity contribution in [3.63, 3.8) is 0 Å². The first-order valence-corrected chi connectivity index (χ1v) is 6.77. The van der Waals surface area contributed by atoms with Crippen LogP contribution in [0.15, 0.2) is 28.8 Å². The molecule has 112 valence electrons. The van der Waals surface area contributed by atoms with Gasteiger partial charge >= 0.3 is 0 Å². The van der Waals surface area contributed by atoms with Crippen LogP contribution in [0.4, 0.5) is 4.39 Å². The molecule has 6 nitrogen and oxygen atoms in total. The second kappa shape index (κ2) is 6.30. The highest BCUT2D eigenvalue weighted by atomic mass is 19.1. The number of aromatic nitrogens is 2. The van der Waals surface area contributed by atoms with Crippen LogP contribution in [-0.2, 0) is 11.3 Å². The van der Waals surface area contributed by atoms with Gasteiger partial charge in [0.15, 0.2) is 0 Å². The van der Waals surface area contributed by atoms with Gasteiger partial charge < -0.3 is 14.4 Å². The Balaban J connectivity index is 1.71. The van der Waals surface area contributed by atoms with Crippen molar-refractivity contribution in [2.45, 2.75) is 12.6 Å². The first-order valence-electron chi connectivity index (χ1n) is 6.77. The van der Waals surface area contributed by atoms with Crippen LogP contribution in [0.1, 0.15) is 5.89 Å². The number of rotatable bonds is 4. The van der Waals surface area contributed by atoms with Crippen LogP contribution < -0.4 is 0 Å². The summed E-state index contributed by atoms with van der Waals surface area (Å²) in [5.74, 6) is 0.593. The van der Waals surface area contributed by atoms with Crippen molar-refractivity contribution in [1.29, 1.82) is 0 Å². The molecule has 1 fully saturated rings. The molecule has 1 atom stereocenters. The minimum atomic E-state index is -0.304. The highest BCUT2D eigenvalue weighted by Gasteiger charge is 2.24. The summed E-state index contributed by atoms with van der Waals surface area (Å²) < 4.78 is 23.4. The van der Waals surface area contributed by atoms with Gasteiger partial charge in [-0.15, -0.1) is 0 Å². The molecule has 1 aromatic carbocycles. The third-order valence-electron chi connectivity index (χ3n) is 3.47. The molecule has 1 aromatic heterocycles. The maximum absolute atomic E-state index is 12.9. The van der Waals surface area contributed by atoms with Gasteiger partial charge in [-0.05, 0) is 24.3 Å². The van der Waals surface area contributed by atoms with Crippen molar-refractivity contribution in [3.05, 3.63) is 36.0 Å². The van der Waals surface area contributed by atoms with E-state index in [9.17, 15) is 9.50 Å². The summed E-state index contributed by atoms with van der Waals surface area (Å²) in [4.78, 5) is 6.36. The van der Waals surface area contributed by atoms with Gasteiger partial charge in [0.25, 0.3) is 0 Å². The van der Waals surface area contributed by atoms with Gasteiger partial charge in [-0.3, -0.25) is 4.90 Å². The first kappa shape index (κ1) is 14.1. The van der Waals surface area contributed by atoms with E-state index in [1.54, 1.807) is 12.1 Å². The molecule has 2 heterocycles. The monoisotopic (exact) mass is 293 g/mol. The van der Waals surface area contributed by atoms with Gasteiger partial charge in [-0.25, -0.2) is 4.39 Å². The summed E-state index contributed by atoms with van der Waals surface area (Å²) in [6.07, 6.45) is 0. The summed E-state index contributed by atoms with van der Waals surface area (Å²) in [5.41, 5.74) is 0.701. The molecule has 1 aliphatic rings. The Morgan fingerprint density at radius 3 is 2.90 bits per heavy atom. The van der Waals surface area contributed by atoms with Crippen LogP contribution in [0.5, 0.6) is 0 Å². The topological polar surface area (TPSA) is 71.6 Å². The first-order chi connectivity index (χ1) is 10.3. The van der Waals surface area contributed by atoms with Gasteiger partial charge in [0, 0.05) is 12.1 Å². The summed E-state index contributed by atoms with van der Waals surface area (Å²) in [7, 11) is 0. The molecule has 0 spiro atoms. The van der Waals surface area contributed by atoms with Crippen LogP contribution in [0, 0.1) is 5.82 Å². The summed E-state index contributed by atoms with van der Waals surface area (Å²) in [6.45, 7) is 2.31. The maximum Gasteiger partial charge on any atom is 0.241 e. The van der Waals surface area contributed by atoms with Crippen molar-refractivity contribution < 1.29 is 18.8 Å². The molecule has 0 saturated carbocycles. The van der Waals surface area contributed by atoms with Crippen molar-refractivity contribution in [2.75, 3.05) is 26.4 Å². The molecule has 1 N–H and O–H groups in total. The Morgan fingerprint density at radius 2 is 2.14 bits per heavy atom. The van der Waals surface area contributed by atoms with E-state index in [4.69, 9.17) is 9.26 Å². The fraction of sp³-hybridized carbons (Fsp3) is 0.429. The average molecular weight is 293 g/mol. The number of aliphatic hydroxyl groups is 1. The molecule has 0 aliphatic carbocycles. The van der Waals surface area contributed by atoms with Crippen LogP contribution in [0.2, 0.25) is 0 Å². The van der Waals surface area contributed by atoms with Crippen LogP contribution in [0.25, 0.3) is 11.4 Å². The number of benzene rings is 1. The molecule has 2 aromatic rings. The molecule has 21 heavy (non-hydrogen) atoms. The lowest BCUT2D eigenvalue weighted by molar-refractivity contribution is -0.0348. The average Bonchev–Trinajstić information content (AvgIpc) is 2.97. The van der Waals surface area contributed by atoms with E-state index < -0.39 is 0 Å². The molecule has 3 rings (SSSR count). The number of nitrogens with zero attached hydrogens (tertiary/aromatic N) is 3. The molecular formula is C14H16FN3O3.